The predicted octanol–water partition coefficient (Wildman–Crippen LogP) is 2.66. The van der Waals surface area contributed by atoms with Crippen LogP contribution in [0.4, 0.5) is 0 Å². The molecule has 2 fully saturated rings. The van der Waals surface area contributed by atoms with E-state index < -0.39 is 11.5 Å². The van der Waals surface area contributed by atoms with Gasteiger partial charge in [0.2, 0.25) is 0 Å². The number of carbonyl (C=O) groups is 2. The molecule has 1 unspecified atom stereocenters. The molecule has 0 radical (unpaired) electrons. The average Bonchev–Trinajstić information content (AvgIpc) is 3.54. The number of amides is 1. The van der Waals surface area contributed by atoms with Gasteiger partial charge in [0.25, 0.3) is 5.91 Å². The fourth-order valence-electron chi connectivity index (χ4n) is 6.62. The number of halogens is 1. The number of nitrogens with two attached hydrogens (primary N) is 1. The molecule has 5 aliphatic rings. The number of epoxide rings is 1. The number of benzene rings is 1. The number of hydrogen-bond donors (Lipinski definition) is 4. The number of ketones is 1. The largest absolute Gasteiger partial charge is 0.511 e. The third-order valence-electron chi connectivity index (χ3n) is 8.37. The van der Waals surface area contributed by atoms with Crippen LogP contribution in [0.25, 0.3) is 0 Å². The molecule has 8 nitrogen and oxygen atoms in total. The quantitative estimate of drug-likeness (QED) is 0.470. The monoisotopic (exact) mass is 498 g/mol. The second-order valence-corrected chi connectivity index (χ2v) is 10.7. The second-order valence-electron chi connectivity index (χ2n) is 10.3. The normalized spacial score (nSPS) is 30.3. The number of piperidine rings is 1. The second kappa shape index (κ2) is 7.59. The number of phenolic OH excluding ortho intramolecular Hbond substituents is 1. The predicted molar refractivity (Wildman–Crippen MR) is 127 cm³/mol. The Hall–Kier alpha value is -2.81. The molecule has 0 saturated carbocycles. The molecular formula is C26H27ClN2O6. The lowest BCUT2D eigenvalue weighted by molar-refractivity contribution is -0.114. The number of Topliss-reactive ketones (excluding diaryl/α,β-unsaturated/α-hetero) is 1. The average molecular weight is 499 g/mol. The zero-order valence-corrected chi connectivity index (χ0v) is 19.9. The first kappa shape index (κ1) is 22.6. The summed E-state index contributed by atoms with van der Waals surface area (Å²) in [6, 6.07) is 1.57. The molecule has 0 bridgehead atoms. The highest BCUT2D eigenvalue weighted by atomic mass is 35.5. The minimum atomic E-state index is -0.992. The van der Waals surface area contributed by atoms with E-state index in [2.05, 4.69) is 11.5 Å². The SMILES string of the molecule is C=C1C(C(N)=O)=C(O)C[C@@H]2CC3Cc4c(Cl)c(CN5CCC(O)CC5)cc(O)c4C(=O)C3=C3O[C@]132. The van der Waals surface area contributed by atoms with E-state index in [-0.39, 0.29) is 52.8 Å². The van der Waals surface area contributed by atoms with Crippen LogP contribution < -0.4 is 5.73 Å². The molecule has 9 heteroatoms. The smallest absolute Gasteiger partial charge is 0.252 e. The van der Waals surface area contributed by atoms with E-state index in [4.69, 9.17) is 22.1 Å². The van der Waals surface area contributed by atoms with E-state index in [1.807, 2.05) is 0 Å². The lowest BCUT2D eigenvalue weighted by Crippen LogP contribution is -2.41. The van der Waals surface area contributed by atoms with Crippen molar-refractivity contribution >= 4 is 23.3 Å². The summed E-state index contributed by atoms with van der Waals surface area (Å²) in [5.74, 6) is -1.18. The van der Waals surface area contributed by atoms with Gasteiger partial charge in [-0.05, 0) is 48.8 Å². The van der Waals surface area contributed by atoms with Crippen molar-refractivity contribution in [3.05, 3.63) is 62.6 Å². The van der Waals surface area contributed by atoms with Gasteiger partial charge in [-0.3, -0.25) is 14.5 Å². The highest BCUT2D eigenvalue weighted by molar-refractivity contribution is 6.33. The van der Waals surface area contributed by atoms with Crippen LogP contribution in [0.5, 0.6) is 5.75 Å². The van der Waals surface area contributed by atoms with Gasteiger partial charge < -0.3 is 25.8 Å². The summed E-state index contributed by atoms with van der Waals surface area (Å²) in [6.07, 6.45) is 2.33. The molecule has 184 valence electrons. The summed E-state index contributed by atoms with van der Waals surface area (Å²) in [5, 5.41) is 31.7. The van der Waals surface area contributed by atoms with E-state index in [1.54, 1.807) is 6.07 Å². The summed E-state index contributed by atoms with van der Waals surface area (Å²) in [7, 11) is 0. The topological polar surface area (TPSA) is 137 Å². The van der Waals surface area contributed by atoms with Crippen molar-refractivity contribution < 1.29 is 29.6 Å². The molecule has 6 rings (SSSR count). The number of carbonyl (C=O) groups excluding carboxylic acids is 2. The molecule has 35 heavy (non-hydrogen) atoms. The van der Waals surface area contributed by atoms with Gasteiger partial charge in [0.15, 0.2) is 17.1 Å². The van der Waals surface area contributed by atoms with Crippen molar-refractivity contribution in [1.82, 2.24) is 4.90 Å². The minimum absolute atomic E-state index is 0.0280. The number of allylic oxidation sites excluding steroid dienone is 2. The Balaban J connectivity index is 1.37. The Morgan fingerprint density at radius 3 is 2.69 bits per heavy atom. The Morgan fingerprint density at radius 2 is 2.00 bits per heavy atom. The number of phenols is 1. The van der Waals surface area contributed by atoms with E-state index in [0.717, 1.165) is 18.7 Å². The standard InChI is InChI=1S/C26H27ClN2O6/c1-11-19(25(28)34)18(32)9-14-6-12-7-16-21(23(33)20(12)24-26(11,14)35-24)17(31)8-13(22(16)27)10-29-4-2-15(30)3-5-29/h8,12,14-15,30-32H,1-7,9-10H2,(H2,28,34)/t12?,14-,26-/m0/s1. The lowest BCUT2D eigenvalue weighted by atomic mass is 9.62. The van der Waals surface area contributed by atoms with Crippen molar-refractivity contribution in [3.8, 4) is 5.75 Å². The van der Waals surface area contributed by atoms with Crippen molar-refractivity contribution in [2.75, 3.05) is 13.1 Å². The van der Waals surface area contributed by atoms with Crippen LogP contribution in [0, 0.1) is 11.8 Å². The first-order valence-corrected chi connectivity index (χ1v) is 12.3. The molecule has 2 heterocycles. The van der Waals surface area contributed by atoms with Gasteiger partial charge in [0.1, 0.15) is 11.5 Å². The van der Waals surface area contributed by atoms with E-state index in [9.17, 15) is 24.9 Å². The van der Waals surface area contributed by atoms with Gasteiger partial charge in [-0.25, -0.2) is 0 Å². The molecule has 2 saturated heterocycles. The van der Waals surface area contributed by atoms with E-state index in [1.165, 1.54) is 0 Å². The Kier molecular flexibility index (Phi) is 4.91. The van der Waals surface area contributed by atoms with Gasteiger partial charge in [-0.15, -0.1) is 0 Å². The fourth-order valence-corrected chi connectivity index (χ4v) is 6.91. The summed E-state index contributed by atoms with van der Waals surface area (Å²) in [5.41, 5.74) is 6.83. The van der Waals surface area contributed by atoms with Crippen LogP contribution in [0.15, 0.2) is 40.9 Å². The first-order chi connectivity index (χ1) is 16.6. The zero-order chi connectivity index (χ0) is 24.8. The molecular weight excluding hydrogens is 472 g/mol. The Labute approximate surface area is 207 Å². The number of aromatic hydroxyl groups is 1. The number of likely N-dealkylation sites (tertiary alicyclic amines) is 1. The number of ether oxygens (including phenoxy) is 1. The number of rotatable bonds is 3. The van der Waals surface area contributed by atoms with Gasteiger partial charge in [0.05, 0.1) is 17.2 Å². The maximum absolute atomic E-state index is 13.7. The molecule has 2 aliphatic heterocycles. The van der Waals surface area contributed by atoms with Gasteiger partial charge in [-0.2, -0.15) is 0 Å². The van der Waals surface area contributed by atoms with E-state index >= 15 is 0 Å². The van der Waals surface area contributed by atoms with Crippen molar-refractivity contribution in [3.63, 3.8) is 0 Å². The number of hydrogen-bond acceptors (Lipinski definition) is 7. The van der Waals surface area contributed by atoms with Crippen molar-refractivity contribution in [1.29, 1.82) is 0 Å². The summed E-state index contributed by atoms with van der Waals surface area (Å²) >= 11 is 6.83. The molecule has 3 atom stereocenters. The highest BCUT2D eigenvalue weighted by Gasteiger charge is 2.69. The summed E-state index contributed by atoms with van der Waals surface area (Å²) in [6.45, 7) is 6.00. The van der Waals surface area contributed by atoms with Gasteiger partial charge in [-0.1, -0.05) is 18.2 Å². The zero-order valence-electron chi connectivity index (χ0n) is 19.1. The van der Waals surface area contributed by atoms with Crippen LogP contribution in [-0.2, 0) is 22.5 Å². The number of fused-ring (bicyclic) bond motifs is 2. The number of aliphatic hydroxyl groups is 2. The minimum Gasteiger partial charge on any atom is -0.511 e. The summed E-state index contributed by atoms with van der Waals surface area (Å²) in [4.78, 5) is 27.8. The van der Waals surface area contributed by atoms with Crippen LogP contribution in [0.1, 0.15) is 47.2 Å². The van der Waals surface area contributed by atoms with Gasteiger partial charge in [0, 0.05) is 48.1 Å². The lowest BCUT2D eigenvalue weighted by Gasteiger charge is -2.38. The molecule has 1 aromatic carbocycles. The van der Waals surface area contributed by atoms with Crippen LogP contribution >= 0.6 is 11.6 Å². The third kappa shape index (κ3) is 3.13. The van der Waals surface area contributed by atoms with Crippen LogP contribution in [0.2, 0.25) is 5.02 Å². The van der Waals surface area contributed by atoms with Crippen molar-refractivity contribution in [2.24, 2.45) is 17.6 Å². The van der Waals surface area contributed by atoms with E-state index in [0.29, 0.717) is 59.7 Å². The Morgan fingerprint density at radius 1 is 1.29 bits per heavy atom. The molecule has 1 spiro atoms. The fraction of sp³-hybridized carbons (Fsp3) is 0.462. The Bertz CT molecular complexity index is 1270. The molecule has 1 aromatic rings. The number of primary amides is 1. The maximum Gasteiger partial charge on any atom is 0.252 e. The molecule has 3 aliphatic carbocycles. The van der Waals surface area contributed by atoms with Crippen LogP contribution in [0.3, 0.4) is 0 Å². The number of nitrogens with zero attached hydrogens (tertiary/aromatic N) is 1. The van der Waals surface area contributed by atoms with Gasteiger partial charge >= 0.3 is 0 Å². The third-order valence-corrected chi connectivity index (χ3v) is 8.84. The molecule has 5 N–H and O–H groups in total. The first-order valence-electron chi connectivity index (χ1n) is 12.0. The van der Waals surface area contributed by atoms with Crippen molar-refractivity contribution in [2.45, 2.75) is 50.4 Å². The maximum atomic E-state index is 13.7. The molecule has 1 amide bonds. The highest BCUT2D eigenvalue weighted by Crippen LogP contribution is 2.66. The number of aliphatic hydroxyl groups excluding tert-OH is 2. The van der Waals surface area contributed by atoms with Crippen LogP contribution in [-0.4, -0.2) is 56.7 Å². The summed E-state index contributed by atoms with van der Waals surface area (Å²) < 4.78 is 6.03. The molecule has 0 aromatic heterocycles.